The van der Waals surface area contributed by atoms with Gasteiger partial charge in [0, 0.05) is 18.8 Å². The molecule has 0 bridgehead atoms. The van der Waals surface area contributed by atoms with E-state index in [0.29, 0.717) is 42.4 Å². The molecular weight excluding hydrogens is 434 g/mol. The van der Waals surface area contributed by atoms with Gasteiger partial charge in [-0.3, -0.25) is 4.79 Å². The summed E-state index contributed by atoms with van der Waals surface area (Å²) in [5.41, 5.74) is 2.50. The van der Waals surface area contributed by atoms with Crippen molar-refractivity contribution in [2.75, 3.05) is 39.9 Å². The fourth-order valence-electron chi connectivity index (χ4n) is 3.81. The number of esters is 1. The van der Waals surface area contributed by atoms with Gasteiger partial charge in [-0.05, 0) is 60.9 Å². The van der Waals surface area contributed by atoms with Gasteiger partial charge < -0.3 is 23.8 Å². The van der Waals surface area contributed by atoms with Gasteiger partial charge in [0.25, 0.3) is 0 Å². The van der Waals surface area contributed by atoms with Crippen molar-refractivity contribution in [3.63, 3.8) is 0 Å². The molecule has 172 valence electrons. The van der Waals surface area contributed by atoms with E-state index in [9.17, 15) is 9.59 Å². The number of hydrogen-bond donors (Lipinski definition) is 0. The van der Waals surface area contributed by atoms with Gasteiger partial charge in [-0.15, -0.1) is 11.6 Å². The number of carbonyl (C=O) groups excluding carboxylic acids is 2. The zero-order chi connectivity index (χ0) is 23.1. The van der Waals surface area contributed by atoms with Gasteiger partial charge in [-0.25, -0.2) is 4.79 Å². The van der Waals surface area contributed by atoms with Crippen molar-refractivity contribution in [3.8, 4) is 17.2 Å². The van der Waals surface area contributed by atoms with E-state index >= 15 is 0 Å². The van der Waals surface area contributed by atoms with Crippen molar-refractivity contribution in [2.24, 2.45) is 0 Å². The lowest BCUT2D eigenvalue weighted by Gasteiger charge is -2.37. The van der Waals surface area contributed by atoms with Gasteiger partial charge in [-0.1, -0.05) is 0 Å². The zero-order valence-electron chi connectivity index (χ0n) is 18.6. The van der Waals surface area contributed by atoms with Crippen molar-refractivity contribution in [1.29, 1.82) is 0 Å². The number of hydrogen-bond acceptors (Lipinski definition) is 6. The molecule has 0 radical (unpaired) electrons. The molecular formula is C24H28ClNO6. The number of rotatable bonds is 9. The van der Waals surface area contributed by atoms with Gasteiger partial charge in [0.2, 0.25) is 5.91 Å². The van der Waals surface area contributed by atoms with Crippen LogP contribution in [0.15, 0.2) is 36.4 Å². The van der Waals surface area contributed by atoms with Crippen LogP contribution in [0.2, 0.25) is 0 Å². The molecule has 0 saturated carbocycles. The fourth-order valence-corrected chi connectivity index (χ4v) is 3.97. The number of methoxy groups -OCH3 is 2. The molecule has 1 aliphatic heterocycles. The summed E-state index contributed by atoms with van der Waals surface area (Å²) in [7, 11) is 3.18. The first kappa shape index (κ1) is 23.7. The SMILES string of the molecule is CCOC(=O)c1ccc(OC[C@@H]2c3cc(OC)c(OC)cc3CCN2C(=O)CCCl)cc1. The number of halogens is 1. The minimum absolute atomic E-state index is 0.0216. The zero-order valence-corrected chi connectivity index (χ0v) is 19.3. The Hall–Kier alpha value is -2.93. The molecule has 2 aromatic rings. The Balaban J connectivity index is 1.85. The molecule has 1 atom stereocenters. The molecule has 7 nitrogen and oxygen atoms in total. The van der Waals surface area contributed by atoms with Crippen molar-refractivity contribution in [3.05, 3.63) is 53.1 Å². The normalized spacial score (nSPS) is 15.0. The van der Waals surface area contributed by atoms with E-state index in [1.165, 1.54) is 0 Å². The third-order valence-electron chi connectivity index (χ3n) is 5.40. The Morgan fingerprint density at radius 1 is 1.09 bits per heavy atom. The second-order valence-electron chi connectivity index (χ2n) is 7.25. The van der Waals surface area contributed by atoms with Gasteiger partial charge in [-0.2, -0.15) is 0 Å². The van der Waals surface area contributed by atoms with E-state index in [1.807, 2.05) is 17.0 Å². The molecule has 1 heterocycles. The second-order valence-corrected chi connectivity index (χ2v) is 7.63. The van der Waals surface area contributed by atoms with Crippen molar-refractivity contribution >= 4 is 23.5 Å². The smallest absolute Gasteiger partial charge is 0.338 e. The lowest BCUT2D eigenvalue weighted by Crippen LogP contribution is -2.42. The minimum Gasteiger partial charge on any atom is -0.493 e. The van der Waals surface area contributed by atoms with Crippen LogP contribution in [0.5, 0.6) is 17.2 Å². The number of nitrogens with zero attached hydrogens (tertiary/aromatic N) is 1. The van der Waals surface area contributed by atoms with Crippen LogP contribution in [0, 0.1) is 0 Å². The van der Waals surface area contributed by atoms with Gasteiger partial charge in [0.15, 0.2) is 11.5 Å². The maximum atomic E-state index is 12.8. The third kappa shape index (κ3) is 5.27. The number of benzene rings is 2. The highest BCUT2D eigenvalue weighted by atomic mass is 35.5. The molecule has 2 aromatic carbocycles. The van der Waals surface area contributed by atoms with Crippen LogP contribution in [0.1, 0.15) is 40.9 Å². The monoisotopic (exact) mass is 461 g/mol. The van der Waals surface area contributed by atoms with Gasteiger partial charge >= 0.3 is 5.97 Å². The number of fused-ring (bicyclic) bond motifs is 1. The fraction of sp³-hybridized carbons (Fsp3) is 0.417. The quantitative estimate of drug-likeness (QED) is 0.415. The molecule has 0 unspecified atom stereocenters. The van der Waals surface area contributed by atoms with Gasteiger partial charge in [0.05, 0.1) is 32.4 Å². The highest BCUT2D eigenvalue weighted by Crippen LogP contribution is 2.38. The molecule has 0 saturated heterocycles. The summed E-state index contributed by atoms with van der Waals surface area (Å²) in [5, 5.41) is 0. The standard InChI is InChI=1S/C24H28ClNO6/c1-4-31-24(28)16-5-7-18(8-6-16)32-15-20-19-14-22(30-3)21(29-2)13-17(19)10-12-26(20)23(27)9-11-25/h5-8,13-14,20H,4,9-12,15H2,1-3H3/t20-/m1/s1. The summed E-state index contributed by atoms with van der Waals surface area (Å²) in [6.07, 6.45) is 0.962. The van der Waals surface area contributed by atoms with E-state index in [-0.39, 0.29) is 36.8 Å². The van der Waals surface area contributed by atoms with E-state index in [1.54, 1.807) is 45.4 Å². The molecule has 3 rings (SSSR count). The largest absolute Gasteiger partial charge is 0.493 e. The first-order chi connectivity index (χ1) is 15.5. The topological polar surface area (TPSA) is 74.3 Å². The van der Waals surface area contributed by atoms with Crippen molar-refractivity contribution < 1.29 is 28.5 Å². The summed E-state index contributed by atoms with van der Waals surface area (Å²) < 4.78 is 22.0. The van der Waals surface area contributed by atoms with E-state index in [0.717, 1.165) is 11.1 Å². The molecule has 1 aliphatic rings. The summed E-state index contributed by atoms with van der Waals surface area (Å²) in [6, 6.07) is 10.3. The van der Waals surface area contributed by atoms with Crippen LogP contribution in [-0.2, 0) is 16.0 Å². The van der Waals surface area contributed by atoms with Crippen LogP contribution in [-0.4, -0.2) is 56.6 Å². The highest BCUT2D eigenvalue weighted by Gasteiger charge is 2.32. The first-order valence-electron chi connectivity index (χ1n) is 10.5. The molecule has 1 amide bonds. The molecule has 0 fully saturated rings. The first-order valence-corrected chi connectivity index (χ1v) is 11.1. The average Bonchev–Trinajstić information content (AvgIpc) is 2.82. The summed E-state index contributed by atoms with van der Waals surface area (Å²) in [6.45, 7) is 2.89. The summed E-state index contributed by atoms with van der Waals surface area (Å²) >= 11 is 5.83. The van der Waals surface area contributed by atoms with E-state index in [2.05, 4.69) is 0 Å². The van der Waals surface area contributed by atoms with Gasteiger partial charge in [0.1, 0.15) is 12.4 Å². The lowest BCUT2D eigenvalue weighted by molar-refractivity contribution is -0.134. The number of alkyl halides is 1. The maximum Gasteiger partial charge on any atom is 0.338 e. The second kappa shape index (κ2) is 11.1. The highest BCUT2D eigenvalue weighted by molar-refractivity contribution is 6.18. The average molecular weight is 462 g/mol. The lowest BCUT2D eigenvalue weighted by atomic mass is 9.92. The van der Waals surface area contributed by atoms with Crippen LogP contribution in [0.4, 0.5) is 0 Å². The van der Waals surface area contributed by atoms with Crippen molar-refractivity contribution in [1.82, 2.24) is 4.90 Å². The molecule has 32 heavy (non-hydrogen) atoms. The number of amides is 1. The molecule has 0 spiro atoms. The Kier molecular flexibility index (Phi) is 8.22. The molecule has 8 heteroatoms. The number of carbonyl (C=O) groups is 2. The third-order valence-corrected chi connectivity index (χ3v) is 5.59. The van der Waals surface area contributed by atoms with Crippen LogP contribution in [0.3, 0.4) is 0 Å². The Morgan fingerprint density at radius 2 is 1.78 bits per heavy atom. The molecule has 0 aromatic heterocycles. The van der Waals surface area contributed by atoms with E-state index < -0.39 is 0 Å². The predicted octanol–water partition coefficient (Wildman–Crippen LogP) is 4.01. The Bertz CT molecular complexity index is 946. The number of ether oxygens (including phenoxy) is 4. The van der Waals surface area contributed by atoms with Crippen LogP contribution in [0.25, 0.3) is 0 Å². The molecule has 0 N–H and O–H groups in total. The molecule has 0 aliphatic carbocycles. The van der Waals surface area contributed by atoms with Crippen LogP contribution < -0.4 is 14.2 Å². The summed E-state index contributed by atoms with van der Waals surface area (Å²) in [5.74, 6) is 1.71. The van der Waals surface area contributed by atoms with Crippen LogP contribution >= 0.6 is 11.6 Å². The van der Waals surface area contributed by atoms with Crippen molar-refractivity contribution in [2.45, 2.75) is 25.8 Å². The predicted molar refractivity (Wildman–Crippen MR) is 121 cm³/mol. The van der Waals surface area contributed by atoms with E-state index in [4.69, 9.17) is 30.5 Å². The maximum absolute atomic E-state index is 12.8. The minimum atomic E-state index is -0.376. The Labute approximate surface area is 193 Å². The Morgan fingerprint density at radius 3 is 2.41 bits per heavy atom. The summed E-state index contributed by atoms with van der Waals surface area (Å²) in [4.78, 5) is 26.4.